The summed E-state index contributed by atoms with van der Waals surface area (Å²) >= 11 is 0. The van der Waals surface area contributed by atoms with Gasteiger partial charge in [-0.15, -0.1) is 0 Å². The van der Waals surface area contributed by atoms with Gasteiger partial charge in [-0.3, -0.25) is 0 Å². The van der Waals surface area contributed by atoms with E-state index in [0.717, 1.165) is 25.7 Å². The van der Waals surface area contributed by atoms with Gasteiger partial charge in [-0.05, 0) is 19.3 Å². The molecule has 0 aromatic heterocycles. The van der Waals surface area contributed by atoms with Crippen LogP contribution in [0.3, 0.4) is 0 Å². The molecule has 0 aliphatic rings. The van der Waals surface area contributed by atoms with Crippen molar-refractivity contribution in [1.29, 1.82) is 0 Å². The van der Waals surface area contributed by atoms with Gasteiger partial charge in [0.1, 0.15) is 0 Å². The molecule has 0 saturated heterocycles. The molecule has 0 aliphatic carbocycles. The van der Waals surface area contributed by atoms with Crippen molar-refractivity contribution in [3.05, 3.63) is 0 Å². The fourth-order valence-electron chi connectivity index (χ4n) is 2.52. The van der Waals surface area contributed by atoms with Gasteiger partial charge in [0.25, 0.3) is 0 Å². The normalized spacial score (nSPS) is 14.5. The molecule has 0 spiro atoms. The zero-order valence-electron chi connectivity index (χ0n) is 13.2. The Morgan fingerprint density at radius 3 is 1.32 bits per heavy atom. The molecule has 0 fully saturated rings. The van der Waals surface area contributed by atoms with E-state index >= 15 is 0 Å². The van der Waals surface area contributed by atoms with Crippen LogP contribution in [0.2, 0.25) is 0 Å². The SMILES string of the molecule is CCCCCCC[C@@H](O)C[C@@H](O)CCCCCCC. The van der Waals surface area contributed by atoms with Crippen LogP contribution in [0.25, 0.3) is 0 Å². The lowest BCUT2D eigenvalue weighted by atomic mass is 10.0. The maximum Gasteiger partial charge on any atom is 0.0564 e. The van der Waals surface area contributed by atoms with Crippen molar-refractivity contribution < 1.29 is 10.2 Å². The van der Waals surface area contributed by atoms with Crippen molar-refractivity contribution >= 4 is 0 Å². The predicted molar refractivity (Wildman–Crippen MR) is 83.4 cm³/mol. The Morgan fingerprint density at radius 1 is 0.579 bits per heavy atom. The minimum Gasteiger partial charge on any atom is -0.393 e. The molecule has 2 N–H and O–H groups in total. The van der Waals surface area contributed by atoms with E-state index in [1.165, 1.54) is 51.4 Å². The first-order valence-electron chi connectivity index (χ1n) is 8.56. The molecule has 19 heavy (non-hydrogen) atoms. The minimum absolute atomic E-state index is 0.299. The summed E-state index contributed by atoms with van der Waals surface area (Å²) in [6.45, 7) is 4.43. The van der Waals surface area contributed by atoms with Crippen LogP contribution in [-0.4, -0.2) is 22.4 Å². The summed E-state index contributed by atoms with van der Waals surface area (Å²) < 4.78 is 0. The van der Waals surface area contributed by atoms with E-state index in [9.17, 15) is 10.2 Å². The van der Waals surface area contributed by atoms with Gasteiger partial charge in [0, 0.05) is 0 Å². The maximum absolute atomic E-state index is 9.86. The van der Waals surface area contributed by atoms with Crippen molar-refractivity contribution in [1.82, 2.24) is 0 Å². The summed E-state index contributed by atoms with van der Waals surface area (Å²) in [4.78, 5) is 0. The molecule has 2 atom stereocenters. The van der Waals surface area contributed by atoms with Gasteiger partial charge in [0.2, 0.25) is 0 Å². The van der Waals surface area contributed by atoms with Crippen LogP contribution in [-0.2, 0) is 0 Å². The Balaban J connectivity index is 3.34. The third kappa shape index (κ3) is 14.1. The molecule has 0 rings (SSSR count). The van der Waals surface area contributed by atoms with Crippen molar-refractivity contribution in [2.75, 3.05) is 0 Å². The average molecular weight is 272 g/mol. The van der Waals surface area contributed by atoms with Crippen molar-refractivity contribution in [3.63, 3.8) is 0 Å². The topological polar surface area (TPSA) is 40.5 Å². The van der Waals surface area contributed by atoms with Crippen LogP contribution in [0.5, 0.6) is 0 Å². The van der Waals surface area contributed by atoms with E-state index in [4.69, 9.17) is 0 Å². The summed E-state index contributed by atoms with van der Waals surface area (Å²) in [6, 6.07) is 0. The van der Waals surface area contributed by atoms with Crippen LogP contribution in [0, 0.1) is 0 Å². The molecule has 0 unspecified atom stereocenters. The molecule has 2 nitrogen and oxygen atoms in total. The summed E-state index contributed by atoms with van der Waals surface area (Å²) in [6.07, 6.45) is 14.0. The van der Waals surface area contributed by atoms with Crippen LogP contribution in [0.15, 0.2) is 0 Å². The monoisotopic (exact) mass is 272 g/mol. The lowest BCUT2D eigenvalue weighted by Crippen LogP contribution is -2.17. The second kappa shape index (κ2) is 14.3. The molecule has 0 aliphatic heterocycles. The van der Waals surface area contributed by atoms with E-state index < -0.39 is 0 Å². The first-order valence-corrected chi connectivity index (χ1v) is 8.56. The number of rotatable bonds is 14. The molecular weight excluding hydrogens is 236 g/mol. The van der Waals surface area contributed by atoms with Crippen LogP contribution in [0.4, 0.5) is 0 Å². The van der Waals surface area contributed by atoms with Crippen molar-refractivity contribution in [2.45, 2.75) is 110 Å². The smallest absolute Gasteiger partial charge is 0.0564 e. The third-order valence-electron chi connectivity index (χ3n) is 3.83. The Labute approximate surface area is 120 Å². The molecule has 0 aromatic carbocycles. The quantitative estimate of drug-likeness (QED) is 0.445. The van der Waals surface area contributed by atoms with E-state index in [1.807, 2.05) is 0 Å². The lowest BCUT2D eigenvalue weighted by Gasteiger charge is -2.15. The Morgan fingerprint density at radius 2 is 0.947 bits per heavy atom. The van der Waals surface area contributed by atoms with Crippen LogP contribution >= 0.6 is 0 Å². The number of hydrogen-bond donors (Lipinski definition) is 2. The van der Waals surface area contributed by atoms with Gasteiger partial charge in [-0.25, -0.2) is 0 Å². The van der Waals surface area contributed by atoms with Gasteiger partial charge < -0.3 is 10.2 Å². The lowest BCUT2D eigenvalue weighted by molar-refractivity contribution is 0.0680. The molecule has 0 saturated carbocycles. The third-order valence-corrected chi connectivity index (χ3v) is 3.83. The summed E-state index contributed by atoms with van der Waals surface area (Å²) in [5, 5.41) is 19.7. The molecule has 116 valence electrons. The molecule has 0 heterocycles. The average Bonchev–Trinajstić information content (AvgIpc) is 2.38. The number of aliphatic hydroxyl groups excluding tert-OH is 2. The van der Waals surface area contributed by atoms with Gasteiger partial charge in [0.05, 0.1) is 12.2 Å². The molecule has 2 heteroatoms. The highest BCUT2D eigenvalue weighted by atomic mass is 16.3. The van der Waals surface area contributed by atoms with Gasteiger partial charge in [0.15, 0.2) is 0 Å². The molecule has 0 radical (unpaired) electrons. The maximum atomic E-state index is 9.86. The number of unbranched alkanes of at least 4 members (excludes halogenated alkanes) is 8. The zero-order chi connectivity index (χ0) is 14.3. The fourth-order valence-corrected chi connectivity index (χ4v) is 2.52. The summed E-state index contributed by atoms with van der Waals surface area (Å²) in [5.74, 6) is 0. The fraction of sp³-hybridized carbons (Fsp3) is 1.00. The van der Waals surface area contributed by atoms with Crippen LogP contribution in [0.1, 0.15) is 97.3 Å². The Hall–Kier alpha value is -0.0800. The van der Waals surface area contributed by atoms with Gasteiger partial charge >= 0.3 is 0 Å². The number of hydrogen-bond acceptors (Lipinski definition) is 2. The second-order valence-electron chi connectivity index (χ2n) is 5.95. The molecular formula is C17H36O2. The molecule has 0 aromatic rings. The van der Waals surface area contributed by atoms with Crippen molar-refractivity contribution in [3.8, 4) is 0 Å². The molecule has 0 amide bonds. The van der Waals surface area contributed by atoms with Crippen LogP contribution < -0.4 is 0 Å². The minimum atomic E-state index is -0.299. The first-order chi connectivity index (χ1) is 9.20. The Bertz CT molecular complexity index is 153. The Kier molecular flexibility index (Phi) is 14.3. The zero-order valence-corrected chi connectivity index (χ0v) is 13.2. The van der Waals surface area contributed by atoms with E-state index in [2.05, 4.69) is 13.8 Å². The van der Waals surface area contributed by atoms with Gasteiger partial charge in [-0.1, -0.05) is 78.1 Å². The highest BCUT2D eigenvalue weighted by Crippen LogP contribution is 2.14. The summed E-state index contributed by atoms with van der Waals surface area (Å²) in [5.41, 5.74) is 0. The van der Waals surface area contributed by atoms with Gasteiger partial charge in [-0.2, -0.15) is 0 Å². The highest BCUT2D eigenvalue weighted by molar-refractivity contribution is 4.64. The molecule has 0 bridgehead atoms. The summed E-state index contributed by atoms with van der Waals surface area (Å²) in [7, 11) is 0. The number of aliphatic hydroxyl groups is 2. The standard InChI is InChI=1S/C17H36O2/c1-3-5-7-9-11-13-16(18)15-17(19)14-12-10-8-6-4-2/h16-19H,3-15H2,1-2H3/t16-,17+. The predicted octanol–water partition coefficient (Wildman–Crippen LogP) is 4.82. The van der Waals surface area contributed by atoms with Crippen molar-refractivity contribution in [2.24, 2.45) is 0 Å². The van der Waals surface area contributed by atoms with E-state index in [-0.39, 0.29) is 12.2 Å². The first kappa shape index (κ1) is 18.9. The largest absolute Gasteiger partial charge is 0.393 e. The highest BCUT2D eigenvalue weighted by Gasteiger charge is 2.11. The second-order valence-corrected chi connectivity index (χ2v) is 5.95. The van der Waals surface area contributed by atoms with E-state index in [1.54, 1.807) is 0 Å². The van der Waals surface area contributed by atoms with E-state index in [0.29, 0.717) is 6.42 Å².